The van der Waals surface area contributed by atoms with Crippen LogP contribution in [0.15, 0.2) is 0 Å². The predicted molar refractivity (Wildman–Crippen MR) is 41.1 cm³/mol. The number of halogens is 1. The highest BCUT2D eigenvalue weighted by molar-refractivity contribution is 4.89. The molecule has 0 aliphatic rings. The topological polar surface area (TPSA) is 69.6 Å². The first kappa shape index (κ1) is 9.05. The van der Waals surface area contributed by atoms with E-state index in [2.05, 4.69) is 15.5 Å². The van der Waals surface area contributed by atoms with Crippen molar-refractivity contribution >= 4 is 0 Å². The largest absolute Gasteiger partial charge is 0.327 e. The van der Waals surface area contributed by atoms with Gasteiger partial charge in [-0.3, -0.25) is 0 Å². The molecule has 0 aliphatic carbocycles. The van der Waals surface area contributed by atoms with Crippen LogP contribution in [0.5, 0.6) is 0 Å². The second-order valence-corrected chi connectivity index (χ2v) is 2.78. The van der Waals surface area contributed by atoms with Crippen LogP contribution < -0.4 is 5.73 Å². The lowest BCUT2D eigenvalue weighted by Crippen LogP contribution is -2.15. The van der Waals surface area contributed by atoms with Crippen LogP contribution in [-0.2, 0) is 0 Å². The molecule has 0 bridgehead atoms. The molecule has 68 valence electrons. The lowest BCUT2D eigenvalue weighted by atomic mass is 10.3. The number of hydrogen-bond donors (Lipinski definition) is 1. The van der Waals surface area contributed by atoms with Gasteiger partial charge in [-0.25, -0.2) is 9.07 Å². The molecule has 5 nitrogen and oxygen atoms in total. The van der Waals surface area contributed by atoms with Gasteiger partial charge in [-0.2, -0.15) is 0 Å². The summed E-state index contributed by atoms with van der Waals surface area (Å²) in [5.41, 5.74) is 5.15. The lowest BCUT2D eigenvalue weighted by molar-refractivity contribution is 0.312. The van der Waals surface area contributed by atoms with Crippen LogP contribution in [0.1, 0.15) is 31.9 Å². The fourth-order valence-electron chi connectivity index (χ4n) is 0.880. The van der Waals surface area contributed by atoms with Crippen molar-refractivity contribution < 1.29 is 4.39 Å². The maximum atomic E-state index is 13.0. The first-order valence-electron chi connectivity index (χ1n) is 3.78. The summed E-state index contributed by atoms with van der Waals surface area (Å²) in [7, 11) is 0. The van der Waals surface area contributed by atoms with Gasteiger partial charge >= 0.3 is 0 Å². The zero-order valence-electron chi connectivity index (χ0n) is 7.11. The van der Waals surface area contributed by atoms with Gasteiger partial charge in [-0.05, 0) is 24.3 Å². The van der Waals surface area contributed by atoms with Gasteiger partial charge in [0, 0.05) is 6.54 Å². The number of aromatic nitrogens is 4. The molecule has 6 heteroatoms. The molecule has 2 N–H and O–H groups in total. The van der Waals surface area contributed by atoms with Crippen molar-refractivity contribution in [2.24, 2.45) is 5.73 Å². The van der Waals surface area contributed by atoms with Crippen LogP contribution in [0, 0.1) is 0 Å². The van der Waals surface area contributed by atoms with E-state index in [1.165, 1.54) is 4.68 Å². The smallest absolute Gasteiger partial charge is 0.187 e. The Balaban J connectivity index is 2.91. The quantitative estimate of drug-likeness (QED) is 0.710. The second-order valence-electron chi connectivity index (χ2n) is 2.78. The zero-order valence-corrected chi connectivity index (χ0v) is 7.11. The summed E-state index contributed by atoms with van der Waals surface area (Å²) in [6.45, 7) is 3.67. The summed E-state index contributed by atoms with van der Waals surface area (Å²) in [4.78, 5) is 0. The summed E-state index contributed by atoms with van der Waals surface area (Å²) in [6, 6.07) is 0.0554. The zero-order chi connectivity index (χ0) is 9.14. The highest BCUT2D eigenvalue weighted by Crippen LogP contribution is 2.14. The molecule has 0 amide bonds. The van der Waals surface area contributed by atoms with Crippen molar-refractivity contribution in [2.75, 3.05) is 6.54 Å². The monoisotopic (exact) mass is 173 g/mol. The van der Waals surface area contributed by atoms with Crippen molar-refractivity contribution in [3.8, 4) is 0 Å². The molecule has 0 fully saturated rings. The molecule has 1 aromatic rings. The van der Waals surface area contributed by atoms with E-state index in [4.69, 9.17) is 5.73 Å². The second kappa shape index (κ2) is 3.57. The standard InChI is InChI=1S/C6H12FN5/c1-4(2)12-6(5(7)3-8)9-10-11-12/h4-5H,3,8H2,1-2H3. The normalized spacial score (nSPS) is 13.8. The molecule has 0 saturated carbocycles. The highest BCUT2D eigenvalue weighted by atomic mass is 19.1. The summed E-state index contributed by atoms with van der Waals surface area (Å²) in [5.74, 6) is 0.201. The third-order valence-corrected chi connectivity index (χ3v) is 1.49. The summed E-state index contributed by atoms with van der Waals surface area (Å²) < 4.78 is 14.5. The Kier molecular flexibility index (Phi) is 2.69. The van der Waals surface area contributed by atoms with Crippen LogP contribution in [0.4, 0.5) is 4.39 Å². The minimum Gasteiger partial charge on any atom is -0.327 e. The molecule has 1 rings (SSSR count). The predicted octanol–water partition coefficient (Wildman–Crippen LogP) is 0.223. The van der Waals surface area contributed by atoms with Crippen molar-refractivity contribution in [2.45, 2.75) is 26.1 Å². The van der Waals surface area contributed by atoms with Crippen LogP contribution in [0.3, 0.4) is 0 Å². The molecule has 1 heterocycles. The van der Waals surface area contributed by atoms with Crippen molar-refractivity contribution in [3.63, 3.8) is 0 Å². The Morgan fingerprint density at radius 2 is 2.25 bits per heavy atom. The van der Waals surface area contributed by atoms with E-state index in [0.717, 1.165) is 0 Å². The van der Waals surface area contributed by atoms with Crippen LogP contribution in [-0.4, -0.2) is 26.8 Å². The first-order valence-corrected chi connectivity index (χ1v) is 3.78. The van der Waals surface area contributed by atoms with E-state index in [9.17, 15) is 4.39 Å². The lowest BCUT2D eigenvalue weighted by Gasteiger charge is -2.08. The molecule has 0 aromatic carbocycles. The van der Waals surface area contributed by atoms with E-state index in [1.807, 2.05) is 13.8 Å². The first-order chi connectivity index (χ1) is 5.66. The number of tetrazole rings is 1. The van der Waals surface area contributed by atoms with E-state index in [0.29, 0.717) is 0 Å². The number of rotatable bonds is 3. The van der Waals surface area contributed by atoms with Gasteiger partial charge in [0.25, 0.3) is 0 Å². The molecule has 1 atom stereocenters. The van der Waals surface area contributed by atoms with Gasteiger partial charge in [-0.1, -0.05) is 0 Å². The van der Waals surface area contributed by atoms with Gasteiger partial charge < -0.3 is 5.73 Å². The third-order valence-electron chi connectivity index (χ3n) is 1.49. The van der Waals surface area contributed by atoms with Crippen LogP contribution in [0.25, 0.3) is 0 Å². The Hall–Kier alpha value is -1.04. The van der Waals surface area contributed by atoms with Crippen molar-refractivity contribution in [1.82, 2.24) is 20.2 Å². The van der Waals surface area contributed by atoms with Gasteiger partial charge in [0.2, 0.25) is 0 Å². The third kappa shape index (κ3) is 1.58. The van der Waals surface area contributed by atoms with E-state index < -0.39 is 6.17 Å². The maximum Gasteiger partial charge on any atom is 0.187 e. The Morgan fingerprint density at radius 1 is 1.58 bits per heavy atom. The van der Waals surface area contributed by atoms with Crippen LogP contribution in [0.2, 0.25) is 0 Å². The number of alkyl halides is 1. The number of nitrogens with two attached hydrogens (primary N) is 1. The average molecular weight is 173 g/mol. The van der Waals surface area contributed by atoms with Crippen molar-refractivity contribution in [3.05, 3.63) is 5.82 Å². The molecule has 0 aliphatic heterocycles. The fraction of sp³-hybridized carbons (Fsp3) is 0.833. The van der Waals surface area contributed by atoms with E-state index >= 15 is 0 Å². The maximum absolute atomic E-state index is 13.0. The SMILES string of the molecule is CC(C)n1nnnc1C(F)CN. The molecule has 0 spiro atoms. The molecular weight excluding hydrogens is 161 g/mol. The summed E-state index contributed by atoms with van der Waals surface area (Å²) >= 11 is 0. The Morgan fingerprint density at radius 3 is 2.75 bits per heavy atom. The molecule has 1 aromatic heterocycles. The Bertz CT molecular complexity index is 246. The molecule has 0 saturated heterocycles. The molecule has 1 unspecified atom stereocenters. The molecule has 0 radical (unpaired) electrons. The summed E-state index contributed by atoms with van der Waals surface area (Å²) in [5, 5.41) is 10.6. The van der Waals surface area contributed by atoms with E-state index in [1.54, 1.807) is 0 Å². The van der Waals surface area contributed by atoms with Gasteiger partial charge in [0.15, 0.2) is 12.0 Å². The summed E-state index contributed by atoms with van der Waals surface area (Å²) in [6.07, 6.45) is -1.28. The molecule has 12 heavy (non-hydrogen) atoms. The minimum atomic E-state index is -1.28. The molecular formula is C6H12FN5. The number of nitrogens with zero attached hydrogens (tertiary/aromatic N) is 4. The fourth-order valence-corrected chi connectivity index (χ4v) is 0.880. The minimum absolute atomic E-state index is 0.0554. The van der Waals surface area contributed by atoms with Gasteiger partial charge in [0.1, 0.15) is 0 Å². The van der Waals surface area contributed by atoms with Crippen LogP contribution >= 0.6 is 0 Å². The number of hydrogen-bond acceptors (Lipinski definition) is 4. The average Bonchev–Trinajstić information content (AvgIpc) is 2.50. The van der Waals surface area contributed by atoms with Gasteiger partial charge in [0.05, 0.1) is 6.04 Å². The highest BCUT2D eigenvalue weighted by Gasteiger charge is 2.17. The van der Waals surface area contributed by atoms with Gasteiger partial charge in [-0.15, -0.1) is 5.10 Å². The van der Waals surface area contributed by atoms with E-state index in [-0.39, 0.29) is 18.4 Å². The Labute approximate surface area is 69.7 Å². The van der Waals surface area contributed by atoms with Crippen molar-refractivity contribution in [1.29, 1.82) is 0 Å².